The molecule has 2 aromatic rings. The van der Waals surface area contributed by atoms with Crippen molar-refractivity contribution in [1.29, 1.82) is 0 Å². The fourth-order valence-corrected chi connectivity index (χ4v) is 5.44. The minimum absolute atomic E-state index is 0.0118. The second-order valence-electron chi connectivity index (χ2n) is 8.60. The molecule has 1 aliphatic rings. The number of H-pyrrole nitrogens is 1. The molecular weight excluding hydrogens is 446 g/mol. The van der Waals surface area contributed by atoms with Crippen molar-refractivity contribution in [1.82, 2.24) is 9.55 Å². The van der Waals surface area contributed by atoms with Crippen LogP contribution in [0.3, 0.4) is 0 Å². The number of hydrogen-bond donors (Lipinski definition) is 2. The van der Waals surface area contributed by atoms with Crippen LogP contribution in [0, 0.1) is 5.92 Å². The molecule has 1 amide bonds. The molecule has 1 fully saturated rings. The minimum atomic E-state index is -3.33. The van der Waals surface area contributed by atoms with Crippen LogP contribution in [0.25, 0.3) is 0 Å². The number of benzene rings is 1. The summed E-state index contributed by atoms with van der Waals surface area (Å²) in [4.78, 5) is 42.0. The largest absolute Gasteiger partial charge is 0.383 e. The van der Waals surface area contributed by atoms with Gasteiger partial charge in [-0.2, -0.15) is 0 Å². The predicted octanol–water partition coefficient (Wildman–Crippen LogP) is 1.76. The Labute approximate surface area is 193 Å². The van der Waals surface area contributed by atoms with Crippen LogP contribution in [0.15, 0.2) is 33.9 Å². The molecule has 0 spiro atoms. The van der Waals surface area contributed by atoms with E-state index in [0.717, 1.165) is 6.42 Å². The summed E-state index contributed by atoms with van der Waals surface area (Å²) < 4.78 is 27.0. The molecule has 0 atom stereocenters. The third-order valence-electron chi connectivity index (χ3n) is 5.51. The molecule has 3 N–H and O–H groups in total. The van der Waals surface area contributed by atoms with Gasteiger partial charge in [0.2, 0.25) is 10.0 Å². The van der Waals surface area contributed by atoms with E-state index in [4.69, 9.17) is 5.73 Å². The van der Waals surface area contributed by atoms with Crippen molar-refractivity contribution in [3.63, 3.8) is 0 Å². The summed E-state index contributed by atoms with van der Waals surface area (Å²) in [5.74, 6) is -0.396. The number of nitrogens with one attached hydrogen (secondary N) is 1. The van der Waals surface area contributed by atoms with E-state index in [9.17, 15) is 22.8 Å². The zero-order valence-electron chi connectivity index (χ0n) is 19.2. The second-order valence-corrected chi connectivity index (χ2v) is 10.6. The summed E-state index contributed by atoms with van der Waals surface area (Å²) in [5, 5.41) is 0. The monoisotopic (exact) mass is 477 g/mol. The number of hydrogen-bond acceptors (Lipinski definition) is 6. The maximum Gasteiger partial charge on any atom is 0.330 e. The van der Waals surface area contributed by atoms with Gasteiger partial charge in [-0.3, -0.25) is 23.4 Å². The minimum Gasteiger partial charge on any atom is -0.383 e. The van der Waals surface area contributed by atoms with Gasteiger partial charge in [0.05, 0.1) is 11.4 Å². The molecule has 0 radical (unpaired) electrons. The highest BCUT2D eigenvalue weighted by Crippen LogP contribution is 2.26. The zero-order chi connectivity index (χ0) is 24.3. The number of unbranched alkanes of at least 4 members (excludes halogenated alkanes) is 1. The maximum absolute atomic E-state index is 13.5. The van der Waals surface area contributed by atoms with Crippen molar-refractivity contribution >= 4 is 33.1 Å². The van der Waals surface area contributed by atoms with Crippen LogP contribution >= 0.6 is 0 Å². The summed E-state index contributed by atoms with van der Waals surface area (Å²) >= 11 is 0. The molecule has 33 heavy (non-hydrogen) atoms. The molecule has 3 rings (SSSR count). The van der Waals surface area contributed by atoms with Gasteiger partial charge in [-0.1, -0.05) is 27.2 Å². The standard InChI is InChI=1S/C22H31N5O5S/c1-4-5-11-25-19(23)18(20(28)24-22(25)30)26(14-15(2)3)21(29)16-7-9-17(10-8-16)27-12-6-13-33(27,31)32/h7-10,15H,4-6,11-14,23H2,1-3H3,(H,24,28,30). The zero-order valence-corrected chi connectivity index (χ0v) is 20.0. The fourth-order valence-electron chi connectivity index (χ4n) is 3.87. The molecule has 10 nitrogen and oxygen atoms in total. The normalized spacial score (nSPS) is 15.2. The first-order valence-electron chi connectivity index (χ1n) is 11.1. The number of nitrogens with zero attached hydrogens (tertiary/aromatic N) is 3. The molecule has 0 bridgehead atoms. The molecule has 0 aliphatic carbocycles. The molecule has 1 aromatic carbocycles. The summed E-state index contributed by atoms with van der Waals surface area (Å²) in [6.07, 6.45) is 2.07. The average Bonchev–Trinajstić information content (AvgIpc) is 3.11. The molecule has 0 saturated carbocycles. The van der Waals surface area contributed by atoms with Gasteiger partial charge in [0, 0.05) is 25.2 Å². The van der Waals surface area contributed by atoms with Gasteiger partial charge >= 0.3 is 5.69 Å². The number of sulfonamides is 1. The number of amides is 1. The number of aromatic nitrogens is 2. The van der Waals surface area contributed by atoms with E-state index >= 15 is 0 Å². The van der Waals surface area contributed by atoms with Gasteiger partial charge in [-0.05, 0) is 43.0 Å². The lowest BCUT2D eigenvalue weighted by atomic mass is 10.1. The van der Waals surface area contributed by atoms with Gasteiger partial charge in [-0.25, -0.2) is 13.2 Å². The van der Waals surface area contributed by atoms with Crippen molar-refractivity contribution < 1.29 is 13.2 Å². The molecular formula is C22H31N5O5S. The molecule has 1 saturated heterocycles. The Hall–Kier alpha value is -3.08. The highest BCUT2D eigenvalue weighted by molar-refractivity contribution is 7.93. The number of aromatic amines is 1. The molecule has 180 valence electrons. The van der Waals surface area contributed by atoms with Crippen LogP contribution < -0.4 is 26.2 Å². The first kappa shape index (κ1) is 24.6. The Balaban J connectivity index is 2.01. The average molecular weight is 478 g/mol. The quantitative estimate of drug-likeness (QED) is 0.594. The Morgan fingerprint density at radius 1 is 1.21 bits per heavy atom. The lowest BCUT2D eigenvalue weighted by Gasteiger charge is -2.26. The predicted molar refractivity (Wildman–Crippen MR) is 129 cm³/mol. The molecule has 11 heteroatoms. The highest BCUT2D eigenvalue weighted by atomic mass is 32.2. The smallest absolute Gasteiger partial charge is 0.330 e. The number of nitrogen functional groups attached to an aromatic ring is 1. The topological polar surface area (TPSA) is 139 Å². The van der Waals surface area contributed by atoms with Crippen molar-refractivity contribution in [2.75, 3.05) is 33.8 Å². The fraction of sp³-hybridized carbons (Fsp3) is 0.500. The highest BCUT2D eigenvalue weighted by Gasteiger charge is 2.29. The van der Waals surface area contributed by atoms with Crippen LogP contribution in [0.2, 0.25) is 0 Å². The van der Waals surface area contributed by atoms with Gasteiger partial charge < -0.3 is 10.6 Å². The van der Waals surface area contributed by atoms with E-state index in [0.29, 0.717) is 31.6 Å². The Kier molecular flexibility index (Phi) is 7.31. The lowest BCUT2D eigenvalue weighted by Crippen LogP contribution is -2.42. The number of anilines is 3. The first-order chi connectivity index (χ1) is 15.6. The van der Waals surface area contributed by atoms with Crippen LogP contribution in [0.1, 0.15) is 50.4 Å². The molecule has 1 aliphatic heterocycles. The van der Waals surface area contributed by atoms with E-state index in [2.05, 4.69) is 4.98 Å². The van der Waals surface area contributed by atoms with E-state index in [1.54, 1.807) is 12.1 Å². The Morgan fingerprint density at radius 2 is 1.88 bits per heavy atom. The van der Waals surface area contributed by atoms with Gasteiger partial charge in [0.25, 0.3) is 11.5 Å². The summed E-state index contributed by atoms with van der Waals surface area (Å²) in [6, 6.07) is 6.24. The van der Waals surface area contributed by atoms with Gasteiger partial charge in [-0.15, -0.1) is 0 Å². The van der Waals surface area contributed by atoms with Crippen molar-refractivity contribution in [3.8, 4) is 0 Å². The van der Waals surface area contributed by atoms with Crippen LogP contribution in [-0.4, -0.2) is 42.7 Å². The number of carbonyl (C=O) groups is 1. The van der Waals surface area contributed by atoms with E-state index in [1.807, 2.05) is 20.8 Å². The van der Waals surface area contributed by atoms with Gasteiger partial charge in [0.15, 0.2) is 5.69 Å². The van der Waals surface area contributed by atoms with Crippen LogP contribution in [0.5, 0.6) is 0 Å². The van der Waals surface area contributed by atoms with Gasteiger partial charge in [0.1, 0.15) is 5.82 Å². The molecule has 2 heterocycles. The summed E-state index contributed by atoms with van der Waals surface area (Å²) in [6.45, 7) is 6.71. The second kappa shape index (κ2) is 9.82. The lowest BCUT2D eigenvalue weighted by molar-refractivity contribution is 0.0983. The third kappa shape index (κ3) is 5.13. The van der Waals surface area contributed by atoms with Crippen molar-refractivity contribution in [3.05, 3.63) is 50.7 Å². The Morgan fingerprint density at radius 3 is 2.42 bits per heavy atom. The summed E-state index contributed by atoms with van der Waals surface area (Å²) in [5.41, 5.74) is 5.61. The van der Waals surface area contributed by atoms with E-state index in [-0.39, 0.29) is 35.3 Å². The maximum atomic E-state index is 13.5. The van der Waals surface area contributed by atoms with Crippen molar-refractivity contribution in [2.45, 2.75) is 46.6 Å². The number of carbonyl (C=O) groups excluding carboxylic acids is 1. The number of nitrogens with two attached hydrogens (primary N) is 1. The third-order valence-corrected chi connectivity index (χ3v) is 7.38. The summed E-state index contributed by atoms with van der Waals surface area (Å²) in [7, 11) is -3.33. The van der Waals surface area contributed by atoms with E-state index in [1.165, 1.54) is 25.9 Å². The van der Waals surface area contributed by atoms with Crippen LogP contribution in [0.4, 0.5) is 17.2 Å². The molecule has 1 aromatic heterocycles. The van der Waals surface area contributed by atoms with E-state index < -0.39 is 27.2 Å². The van der Waals surface area contributed by atoms with Crippen molar-refractivity contribution in [2.24, 2.45) is 5.92 Å². The number of rotatable bonds is 8. The Bertz CT molecular complexity index is 1230. The SMILES string of the molecule is CCCCn1c(N)c(N(CC(C)C)C(=O)c2ccc(N3CCCS3(=O)=O)cc2)c(=O)[nH]c1=O. The van der Waals surface area contributed by atoms with Crippen LogP contribution in [-0.2, 0) is 16.6 Å². The molecule has 0 unspecified atom stereocenters. The first-order valence-corrected chi connectivity index (χ1v) is 12.7.